The smallest absolute Gasteiger partial charge is 0.217 e. The van der Waals surface area contributed by atoms with Gasteiger partial charge in [0.05, 0.1) is 11.9 Å². The fourth-order valence-corrected chi connectivity index (χ4v) is 4.06. The monoisotopic (exact) mass is 322 g/mol. The summed E-state index contributed by atoms with van der Waals surface area (Å²) in [5.74, 6) is 2.00. The third-order valence-corrected chi connectivity index (χ3v) is 5.61. The molecule has 22 heavy (non-hydrogen) atoms. The molecule has 2 rings (SSSR count). The number of hydrogen-bond donors (Lipinski definition) is 0. The fraction of sp³-hybridized carbons (Fsp3) is 0.500. The number of ether oxygens (including phenoxy) is 1. The van der Waals surface area contributed by atoms with E-state index in [1.807, 2.05) is 0 Å². The molecule has 1 aromatic rings. The standard InChI is InChI=1S/C16H20NO4S/c1-2-12-21-15-8-10-17(11-9-15)22(19,20)13-16(18)14-6-4-3-5-7-14/h1,3-7,15-16H,8-13H2. The minimum atomic E-state index is -3.55. The Kier molecular flexibility index (Phi) is 5.98. The van der Waals surface area contributed by atoms with Gasteiger partial charge in [0.25, 0.3) is 0 Å². The average Bonchev–Trinajstić information content (AvgIpc) is 2.53. The first-order chi connectivity index (χ1) is 10.5. The lowest BCUT2D eigenvalue weighted by Crippen LogP contribution is -2.42. The van der Waals surface area contributed by atoms with Gasteiger partial charge < -0.3 is 4.74 Å². The molecule has 0 aromatic heterocycles. The summed E-state index contributed by atoms with van der Waals surface area (Å²) in [5, 5.41) is 12.1. The van der Waals surface area contributed by atoms with Crippen molar-refractivity contribution in [2.45, 2.75) is 25.0 Å². The van der Waals surface area contributed by atoms with Crippen molar-refractivity contribution >= 4 is 10.0 Å². The highest BCUT2D eigenvalue weighted by molar-refractivity contribution is 7.89. The van der Waals surface area contributed by atoms with Gasteiger partial charge in [-0.1, -0.05) is 36.3 Å². The average molecular weight is 322 g/mol. The summed E-state index contributed by atoms with van der Waals surface area (Å²) in [7, 11) is -3.55. The first-order valence-corrected chi connectivity index (χ1v) is 8.87. The number of rotatable bonds is 6. The number of hydrogen-bond acceptors (Lipinski definition) is 3. The Morgan fingerprint density at radius 2 is 1.91 bits per heavy atom. The van der Waals surface area contributed by atoms with Crippen molar-refractivity contribution in [2.24, 2.45) is 0 Å². The molecule has 0 saturated carbocycles. The molecule has 1 heterocycles. The summed E-state index contributed by atoms with van der Waals surface area (Å²) in [4.78, 5) is 0. The van der Waals surface area contributed by atoms with Gasteiger partial charge in [-0.15, -0.1) is 6.42 Å². The van der Waals surface area contributed by atoms with E-state index in [2.05, 4.69) is 5.92 Å². The summed E-state index contributed by atoms with van der Waals surface area (Å²) in [6, 6.07) is 8.59. The topological polar surface area (TPSA) is 66.5 Å². The van der Waals surface area contributed by atoms with E-state index in [4.69, 9.17) is 11.2 Å². The minimum Gasteiger partial charge on any atom is -0.365 e. The zero-order valence-corrected chi connectivity index (χ0v) is 13.2. The number of nitrogens with zero attached hydrogens (tertiary/aromatic N) is 1. The predicted octanol–water partition coefficient (Wildman–Crippen LogP) is 1.60. The van der Waals surface area contributed by atoms with Crippen molar-refractivity contribution in [1.82, 2.24) is 4.31 Å². The van der Waals surface area contributed by atoms with Gasteiger partial charge in [0.1, 0.15) is 12.7 Å². The van der Waals surface area contributed by atoms with Gasteiger partial charge in [0, 0.05) is 13.1 Å². The Morgan fingerprint density at radius 3 is 2.50 bits per heavy atom. The number of piperidine rings is 1. The zero-order valence-electron chi connectivity index (χ0n) is 12.3. The molecule has 1 saturated heterocycles. The van der Waals surface area contributed by atoms with Gasteiger partial charge >= 0.3 is 0 Å². The lowest BCUT2D eigenvalue weighted by atomic mass is 10.1. The van der Waals surface area contributed by atoms with Gasteiger partial charge in [-0.3, -0.25) is 0 Å². The summed E-state index contributed by atoms with van der Waals surface area (Å²) in [6.07, 6.45) is 5.09. The van der Waals surface area contributed by atoms with Crippen molar-refractivity contribution in [1.29, 1.82) is 0 Å². The molecule has 0 N–H and O–H groups in total. The highest BCUT2D eigenvalue weighted by Gasteiger charge is 2.30. The normalized spacial score (nSPS) is 18.7. The summed E-state index contributed by atoms with van der Waals surface area (Å²) < 4.78 is 31.5. The molecule has 1 atom stereocenters. The first-order valence-electron chi connectivity index (χ1n) is 7.26. The largest absolute Gasteiger partial charge is 0.365 e. The fourth-order valence-electron chi connectivity index (χ4n) is 2.50. The second-order valence-electron chi connectivity index (χ2n) is 5.29. The van der Waals surface area contributed by atoms with E-state index < -0.39 is 21.9 Å². The van der Waals surface area contributed by atoms with Gasteiger partial charge in [-0.2, -0.15) is 0 Å². The van der Waals surface area contributed by atoms with E-state index in [0.29, 0.717) is 31.5 Å². The molecule has 1 aliphatic heterocycles. The van der Waals surface area contributed by atoms with Gasteiger partial charge in [-0.05, 0) is 18.4 Å². The van der Waals surface area contributed by atoms with Crippen molar-refractivity contribution in [3.05, 3.63) is 35.9 Å². The Labute approximate surface area is 132 Å². The third-order valence-electron chi connectivity index (χ3n) is 3.73. The summed E-state index contributed by atoms with van der Waals surface area (Å²) >= 11 is 0. The molecule has 0 bridgehead atoms. The molecule has 1 aliphatic rings. The Bertz CT molecular complexity index is 601. The zero-order chi connectivity index (χ0) is 16.0. The van der Waals surface area contributed by atoms with Crippen molar-refractivity contribution < 1.29 is 18.3 Å². The van der Waals surface area contributed by atoms with Crippen LogP contribution in [0, 0.1) is 12.3 Å². The van der Waals surface area contributed by atoms with Crippen molar-refractivity contribution in [3.8, 4) is 12.3 Å². The Hall–Kier alpha value is -1.39. The van der Waals surface area contributed by atoms with Gasteiger partial charge in [-0.25, -0.2) is 17.8 Å². The van der Waals surface area contributed by atoms with Crippen molar-refractivity contribution in [3.63, 3.8) is 0 Å². The quantitative estimate of drug-likeness (QED) is 0.747. The van der Waals surface area contributed by atoms with Crippen LogP contribution < -0.4 is 0 Å². The molecular formula is C16H20NO4S. The predicted molar refractivity (Wildman–Crippen MR) is 83.0 cm³/mol. The van der Waals surface area contributed by atoms with Crippen LogP contribution in [0.2, 0.25) is 0 Å². The van der Waals surface area contributed by atoms with Crippen LogP contribution in [-0.4, -0.2) is 44.3 Å². The van der Waals surface area contributed by atoms with E-state index >= 15 is 0 Å². The maximum atomic E-state index is 12.3. The number of sulfonamides is 1. The number of terminal acetylenes is 1. The Balaban J connectivity index is 1.90. The maximum absolute atomic E-state index is 12.3. The SMILES string of the molecule is C#CCOC1CCN(S(=O)(=O)CC([O])c2ccccc2)CC1. The van der Waals surface area contributed by atoms with Crippen LogP contribution >= 0.6 is 0 Å². The third kappa shape index (κ3) is 4.55. The van der Waals surface area contributed by atoms with Crippen LogP contribution in [0.4, 0.5) is 0 Å². The Morgan fingerprint density at radius 1 is 1.27 bits per heavy atom. The van der Waals surface area contributed by atoms with E-state index in [1.165, 1.54) is 4.31 Å². The second kappa shape index (κ2) is 7.75. The molecule has 119 valence electrons. The molecule has 1 radical (unpaired) electrons. The molecule has 6 heteroatoms. The van der Waals surface area contributed by atoms with Crippen molar-refractivity contribution in [2.75, 3.05) is 25.4 Å². The highest BCUT2D eigenvalue weighted by atomic mass is 32.2. The second-order valence-corrected chi connectivity index (χ2v) is 7.30. The lowest BCUT2D eigenvalue weighted by molar-refractivity contribution is 0.0404. The first kappa shape index (κ1) is 17.0. The van der Waals surface area contributed by atoms with E-state index in [1.54, 1.807) is 30.3 Å². The minimum absolute atomic E-state index is 0.000304. The molecule has 5 nitrogen and oxygen atoms in total. The van der Waals surface area contributed by atoms with E-state index in [9.17, 15) is 13.5 Å². The van der Waals surface area contributed by atoms with Crippen LogP contribution in [0.1, 0.15) is 24.5 Å². The molecule has 0 amide bonds. The van der Waals surface area contributed by atoms with Crippen LogP contribution in [-0.2, 0) is 19.9 Å². The van der Waals surface area contributed by atoms with Crippen LogP contribution in [0.15, 0.2) is 30.3 Å². The molecule has 1 aromatic carbocycles. The highest BCUT2D eigenvalue weighted by Crippen LogP contribution is 2.21. The molecule has 0 spiro atoms. The maximum Gasteiger partial charge on any atom is 0.217 e. The molecular weight excluding hydrogens is 302 g/mol. The molecule has 0 aliphatic carbocycles. The van der Waals surface area contributed by atoms with Crippen LogP contribution in [0.5, 0.6) is 0 Å². The summed E-state index contributed by atoms with van der Waals surface area (Å²) in [6.45, 7) is 0.992. The van der Waals surface area contributed by atoms with Crippen LogP contribution in [0.3, 0.4) is 0 Å². The molecule has 1 unspecified atom stereocenters. The van der Waals surface area contributed by atoms with Crippen LogP contribution in [0.25, 0.3) is 0 Å². The summed E-state index contributed by atoms with van der Waals surface area (Å²) in [5.41, 5.74) is 0.498. The van der Waals surface area contributed by atoms with E-state index in [0.717, 1.165) is 0 Å². The lowest BCUT2D eigenvalue weighted by Gasteiger charge is -2.31. The van der Waals surface area contributed by atoms with Gasteiger partial charge in [0.15, 0.2) is 0 Å². The van der Waals surface area contributed by atoms with Gasteiger partial charge in [0.2, 0.25) is 10.0 Å². The number of benzene rings is 1. The van der Waals surface area contributed by atoms with E-state index in [-0.39, 0.29) is 12.7 Å². The molecule has 1 fully saturated rings.